The van der Waals surface area contributed by atoms with Crippen LogP contribution in [-0.2, 0) is 40.9 Å². The lowest BCUT2D eigenvalue weighted by atomic mass is 10.1. The van der Waals surface area contributed by atoms with Crippen LogP contribution >= 0.6 is 0 Å². The molecule has 9 nitrogen and oxygen atoms in total. The summed E-state index contributed by atoms with van der Waals surface area (Å²) < 4.78 is 27.4. The fraction of sp³-hybridized carbons (Fsp3) is 0.292. The van der Waals surface area contributed by atoms with Crippen LogP contribution in [0.25, 0.3) is 11.0 Å². The lowest BCUT2D eigenvalue weighted by Gasteiger charge is -2.09. The van der Waals surface area contributed by atoms with Crippen LogP contribution < -0.4 is 10.5 Å². The van der Waals surface area contributed by atoms with E-state index in [0.717, 1.165) is 42.0 Å². The van der Waals surface area contributed by atoms with Gasteiger partial charge in [-0.1, -0.05) is 31.2 Å². The van der Waals surface area contributed by atoms with Gasteiger partial charge >= 0.3 is 0 Å². The van der Waals surface area contributed by atoms with E-state index < -0.39 is 10.0 Å². The Hall–Kier alpha value is -3.50. The number of sulfonamides is 1. The van der Waals surface area contributed by atoms with Crippen molar-refractivity contribution in [2.75, 3.05) is 0 Å². The summed E-state index contributed by atoms with van der Waals surface area (Å²) in [5, 5.41) is 8.21. The molecule has 0 fully saturated rings. The summed E-state index contributed by atoms with van der Waals surface area (Å²) in [6, 6.07) is 12.8. The molecule has 0 saturated carbocycles. The van der Waals surface area contributed by atoms with E-state index in [9.17, 15) is 13.2 Å². The van der Waals surface area contributed by atoms with Gasteiger partial charge in [0.1, 0.15) is 5.82 Å². The lowest BCUT2D eigenvalue weighted by Crippen LogP contribution is -2.23. The SMILES string of the molecule is CCCn1c(CCC(=O)NCc2ccc(Cn3ccnc3)cc2)nc2cc(S(N)(=O)=O)ccc21. The summed E-state index contributed by atoms with van der Waals surface area (Å²) in [5.74, 6) is 0.685. The topological polar surface area (TPSA) is 125 Å². The number of primary sulfonamides is 1. The molecule has 0 saturated heterocycles. The van der Waals surface area contributed by atoms with E-state index in [1.54, 1.807) is 18.6 Å². The van der Waals surface area contributed by atoms with Gasteiger partial charge in [-0.2, -0.15) is 0 Å². The Kier molecular flexibility index (Phi) is 7.09. The molecule has 2 aromatic heterocycles. The molecule has 4 rings (SSSR count). The summed E-state index contributed by atoms with van der Waals surface area (Å²) in [4.78, 5) is 21.2. The fourth-order valence-corrected chi connectivity index (χ4v) is 4.40. The molecular formula is C24H28N6O3S. The number of rotatable bonds is 10. The first-order valence-corrected chi connectivity index (χ1v) is 12.7. The number of nitrogens with zero attached hydrogens (tertiary/aromatic N) is 4. The maximum atomic E-state index is 12.5. The van der Waals surface area contributed by atoms with Gasteiger partial charge in [-0.15, -0.1) is 0 Å². The summed E-state index contributed by atoms with van der Waals surface area (Å²) in [6.07, 6.45) is 7.08. The summed E-state index contributed by atoms with van der Waals surface area (Å²) in [5.41, 5.74) is 3.58. The second-order valence-corrected chi connectivity index (χ2v) is 9.76. The van der Waals surface area contributed by atoms with Crippen molar-refractivity contribution in [3.05, 3.63) is 78.1 Å². The Balaban J connectivity index is 1.36. The number of benzene rings is 2. The van der Waals surface area contributed by atoms with Gasteiger partial charge in [0, 0.05) is 44.9 Å². The van der Waals surface area contributed by atoms with Crippen LogP contribution in [0.4, 0.5) is 0 Å². The van der Waals surface area contributed by atoms with Crippen LogP contribution in [0.15, 0.2) is 66.1 Å². The van der Waals surface area contributed by atoms with E-state index in [1.807, 2.05) is 39.6 Å². The number of hydrogen-bond acceptors (Lipinski definition) is 5. The molecule has 0 aliphatic carbocycles. The number of nitrogens with one attached hydrogen (secondary N) is 1. The average Bonchev–Trinajstić information content (AvgIpc) is 3.44. The predicted octanol–water partition coefficient (Wildman–Crippen LogP) is 2.59. The molecule has 34 heavy (non-hydrogen) atoms. The van der Waals surface area contributed by atoms with Gasteiger partial charge in [0.15, 0.2) is 0 Å². The van der Waals surface area contributed by atoms with Gasteiger partial charge in [-0.25, -0.2) is 23.5 Å². The molecule has 1 amide bonds. The number of aromatic nitrogens is 4. The molecule has 0 aliphatic rings. The standard InChI is InChI=1S/C24H28N6O3S/c1-2-12-30-22-8-7-20(34(25,32)33)14-21(22)28-23(30)9-10-24(31)27-15-18-3-5-19(6-4-18)16-29-13-11-26-17-29/h3-8,11,13-14,17H,2,9-10,12,15-16H2,1H3,(H,27,31)(H2,25,32,33). The van der Waals surface area contributed by atoms with Crippen molar-refractivity contribution in [3.8, 4) is 0 Å². The maximum absolute atomic E-state index is 12.5. The number of imidazole rings is 2. The summed E-state index contributed by atoms with van der Waals surface area (Å²) in [6.45, 7) is 3.99. The van der Waals surface area contributed by atoms with Crippen molar-refractivity contribution in [3.63, 3.8) is 0 Å². The van der Waals surface area contributed by atoms with E-state index in [0.29, 0.717) is 18.5 Å². The number of hydrogen-bond donors (Lipinski definition) is 2. The first-order chi connectivity index (χ1) is 16.3. The zero-order valence-electron chi connectivity index (χ0n) is 19.0. The number of aryl methyl sites for hydroxylation is 2. The Morgan fingerprint density at radius 3 is 2.56 bits per heavy atom. The second-order valence-electron chi connectivity index (χ2n) is 8.20. The van der Waals surface area contributed by atoms with Crippen LogP contribution in [0, 0.1) is 0 Å². The minimum absolute atomic E-state index is 0.0292. The first-order valence-electron chi connectivity index (χ1n) is 11.2. The lowest BCUT2D eigenvalue weighted by molar-refractivity contribution is -0.121. The molecule has 0 spiro atoms. The quantitative estimate of drug-likeness (QED) is 0.361. The average molecular weight is 481 g/mol. The van der Waals surface area contributed by atoms with Crippen molar-refractivity contribution in [2.45, 2.75) is 50.7 Å². The van der Waals surface area contributed by atoms with E-state index in [4.69, 9.17) is 5.14 Å². The molecule has 0 unspecified atom stereocenters. The third-order valence-corrected chi connectivity index (χ3v) is 6.50. The maximum Gasteiger partial charge on any atom is 0.238 e. The Bertz CT molecular complexity index is 1380. The third kappa shape index (κ3) is 5.70. The van der Waals surface area contributed by atoms with Crippen molar-refractivity contribution in [1.29, 1.82) is 0 Å². The molecular weight excluding hydrogens is 452 g/mol. The van der Waals surface area contributed by atoms with E-state index >= 15 is 0 Å². The number of amides is 1. The molecule has 0 radical (unpaired) electrons. The molecule has 3 N–H and O–H groups in total. The summed E-state index contributed by atoms with van der Waals surface area (Å²) in [7, 11) is -3.80. The van der Waals surface area contributed by atoms with E-state index in [2.05, 4.69) is 22.2 Å². The molecule has 178 valence electrons. The highest BCUT2D eigenvalue weighted by atomic mass is 32.2. The zero-order valence-corrected chi connectivity index (χ0v) is 19.8. The van der Waals surface area contributed by atoms with Gasteiger partial charge in [0.05, 0.1) is 22.3 Å². The van der Waals surface area contributed by atoms with Crippen molar-refractivity contribution < 1.29 is 13.2 Å². The van der Waals surface area contributed by atoms with E-state index in [-0.39, 0.29) is 17.2 Å². The highest BCUT2D eigenvalue weighted by Crippen LogP contribution is 2.21. The number of carbonyl (C=O) groups is 1. The van der Waals surface area contributed by atoms with Crippen molar-refractivity contribution in [1.82, 2.24) is 24.4 Å². The second kappa shape index (κ2) is 10.2. The molecule has 2 aromatic carbocycles. The van der Waals surface area contributed by atoms with Crippen LogP contribution in [-0.4, -0.2) is 33.4 Å². The Morgan fingerprint density at radius 2 is 1.88 bits per heavy atom. The van der Waals surface area contributed by atoms with Crippen LogP contribution in [0.3, 0.4) is 0 Å². The van der Waals surface area contributed by atoms with Crippen LogP contribution in [0.2, 0.25) is 0 Å². The zero-order chi connectivity index (χ0) is 24.1. The van der Waals surface area contributed by atoms with E-state index in [1.165, 1.54) is 12.1 Å². The van der Waals surface area contributed by atoms with Gasteiger partial charge in [0.25, 0.3) is 0 Å². The highest BCUT2D eigenvalue weighted by molar-refractivity contribution is 7.89. The third-order valence-electron chi connectivity index (χ3n) is 5.59. The Labute approximate surface area is 198 Å². The number of carbonyl (C=O) groups excluding carboxylic acids is 1. The van der Waals surface area contributed by atoms with Crippen molar-refractivity contribution >= 4 is 27.0 Å². The Morgan fingerprint density at radius 1 is 1.12 bits per heavy atom. The highest BCUT2D eigenvalue weighted by Gasteiger charge is 2.15. The number of nitrogens with two attached hydrogens (primary N) is 1. The van der Waals surface area contributed by atoms with Gasteiger partial charge in [-0.05, 0) is 35.7 Å². The summed E-state index contributed by atoms with van der Waals surface area (Å²) >= 11 is 0. The molecule has 0 aliphatic heterocycles. The minimum Gasteiger partial charge on any atom is -0.352 e. The smallest absolute Gasteiger partial charge is 0.238 e. The van der Waals surface area contributed by atoms with Crippen LogP contribution in [0.5, 0.6) is 0 Å². The monoisotopic (exact) mass is 480 g/mol. The normalized spacial score (nSPS) is 11.7. The molecule has 10 heteroatoms. The molecule has 0 atom stereocenters. The van der Waals surface area contributed by atoms with Crippen LogP contribution in [0.1, 0.15) is 36.7 Å². The minimum atomic E-state index is -3.80. The largest absolute Gasteiger partial charge is 0.352 e. The molecule has 2 heterocycles. The van der Waals surface area contributed by atoms with Gasteiger partial charge in [-0.3, -0.25) is 4.79 Å². The fourth-order valence-electron chi connectivity index (χ4n) is 3.87. The van der Waals surface area contributed by atoms with Gasteiger partial charge < -0.3 is 14.5 Å². The molecule has 0 bridgehead atoms. The van der Waals surface area contributed by atoms with Crippen molar-refractivity contribution in [2.24, 2.45) is 5.14 Å². The molecule has 4 aromatic rings. The predicted molar refractivity (Wildman–Crippen MR) is 129 cm³/mol. The number of fused-ring (bicyclic) bond motifs is 1. The first kappa shape index (κ1) is 23.7. The van der Waals surface area contributed by atoms with Gasteiger partial charge in [0.2, 0.25) is 15.9 Å².